The molecule has 0 bridgehead atoms. The van der Waals surface area contributed by atoms with Crippen molar-refractivity contribution < 1.29 is 27.4 Å². The third-order valence-corrected chi connectivity index (χ3v) is 4.99. The van der Waals surface area contributed by atoms with E-state index in [1.54, 1.807) is 30.3 Å². The van der Waals surface area contributed by atoms with Gasteiger partial charge >= 0.3 is 6.18 Å². The Morgan fingerprint density at radius 2 is 1.67 bits per heavy atom. The lowest BCUT2D eigenvalue weighted by atomic mass is 10.2. The number of carbonyl (C=O) groups excluding carboxylic acids is 1. The van der Waals surface area contributed by atoms with Crippen LogP contribution in [0.1, 0.15) is 16.1 Å². The van der Waals surface area contributed by atoms with E-state index in [-0.39, 0.29) is 22.3 Å². The predicted octanol–water partition coefficient (Wildman–Crippen LogP) is 5.11. The van der Waals surface area contributed by atoms with Crippen LogP contribution in [0.2, 0.25) is 5.02 Å². The number of rotatable bonds is 7. The first-order chi connectivity index (χ1) is 15.7. The van der Waals surface area contributed by atoms with E-state index >= 15 is 0 Å². The molecule has 1 saturated heterocycles. The van der Waals surface area contributed by atoms with Crippen molar-refractivity contribution in [2.75, 3.05) is 17.7 Å². The molecule has 33 heavy (non-hydrogen) atoms. The minimum absolute atomic E-state index is 0.237. The number of pyridine rings is 1. The number of amides is 1. The summed E-state index contributed by atoms with van der Waals surface area (Å²) in [4.78, 5) is 15.7. The molecule has 1 aliphatic heterocycles. The number of halogens is 4. The molecule has 2 heterocycles. The number of nitrogens with one attached hydrogen (secondary N) is 3. The number of epoxide rings is 1. The number of aromatic nitrogens is 1. The van der Waals surface area contributed by atoms with Gasteiger partial charge in [0.2, 0.25) is 0 Å². The van der Waals surface area contributed by atoms with Crippen LogP contribution in [0.15, 0.2) is 60.8 Å². The molecule has 11 heteroatoms. The fraction of sp³-hybridized carbons (Fsp3) is 0.182. The Balaban J connectivity index is 1.32. The van der Waals surface area contributed by atoms with Gasteiger partial charge in [-0.15, -0.1) is 0 Å². The SMILES string of the molecule is CNC(=O)c1cc(Oc2ccc(NC3OC3Nc3ccc(Cl)c(C(F)(F)F)c3)cc2)ccn1. The zero-order chi connectivity index (χ0) is 23.6. The molecule has 7 nitrogen and oxygen atoms in total. The summed E-state index contributed by atoms with van der Waals surface area (Å²) in [7, 11) is 1.52. The molecule has 3 N–H and O–H groups in total. The minimum Gasteiger partial charge on any atom is -0.457 e. The molecular weight excluding hydrogens is 461 g/mol. The molecule has 2 aromatic carbocycles. The van der Waals surface area contributed by atoms with Crippen molar-refractivity contribution in [1.82, 2.24) is 10.3 Å². The molecule has 1 amide bonds. The van der Waals surface area contributed by atoms with Gasteiger partial charge in [0.25, 0.3) is 5.91 Å². The molecule has 0 saturated carbocycles. The van der Waals surface area contributed by atoms with Crippen LogP contribution in [-0.4, -0.2) is 30.4 Å². The van der Waals surface area contributed by atoms with E-state index in [1.807, 2.05) is 0 Å². The highest BCUT2D eigenvalue weighted by molar-refractivity contribution is 6.31. The van der Waals surface area contributed by atoms with Crippen LogP contribution in [0.5, 0.6) is 11.5 Å². The maximum Gasteiger partial charge on any atom is 0.417 e. The summed E-state index contributed by atoms with van der Waals surface area (Å²) >= 11 is 5.64. The van der Waals surface area contributed by atoms with Gasteiger partial charge in [0.05, 0.1) is 10.6 Å². The summed E-state index contributed by atoms with van der Waals surface area (Å²) in [6.45, 7) is 0. The first-order valence-electron chi connectivity index (χ1n) is 9.74. The number of alkyl halides is 3. The fourth-order valence-corrected chi connectivity index (χ4v) is 3.20. The minimum atomic E-state index is -4.54. The van der Waals surface area contributed by atoms with E-state index in [1.165, 1.54) is 31.4 Å². The summed E-state index contributed by atoms with van der Waals surface area (Å²) in [5, 5.41) is 8.13. The number of benzene rings is 2. The van der Waals surface area contributed by atoms with E-state index in [0.717, 1.165) is 11.8 Å². The summed E-state index contributed by atoms with van der Waals surface area (Å²) in [5.74, 6) is 0.683. The van der Waals surface area contributed by atoms with Crippen molar-refractivity contribution >= 4 is 28.9 Å². The molecule has 1 aromatic heterocycles. The monoisotopic (exact) mass is 478 g/mol. The summed E-state index contributed by atoms with van der Waals surface area (Å²) in [6.07, 6.45) is -3.98. The molecule has 3 aromatic rings. The van der Waals surface area contributed by atoms with Gasteiger partial charge in [0.1, 0.15) is 17.2 Å². The second kappa shape index (κ2) is 9.16. The van der Waals surface area contributed by atoms with Crippen molar-refractivity contribution in [2.45, 2.75) is 18.6 Å². The van der Waals surface area contributed by atoms with Gasteiger partial charge in [-0.05, 0) is 48.5 Å². The Bertz CT molecular complexity index is 1160. The van der Waals surface area contributed by atoms with Gasteiger partial charge in [-0.1, -0.05) is 11.6 Å². The van der Waals surface area contributed by atoms with Crippen LogP contribution in [0.4, 0.5) is 24.5 Å². The molecule has 0 spiro atoms. The van der Waals surface area contributed by atoms with Crippen LogP contribution in [0.3, 0.4) is 0 Å². The highest BCUT2D eigenvalue weighted by atomic mass is 35.5. The van der Waals surface area contributed by atoms with Gasteiger partial charge in [0, 0.05) is 30.7 Å². The Morgan fingerprint density at radius 3 is 2.33 bits per heavy atom. The van der Waals surface area contributed by atoms with Crippen LogP contribution >= 0.6 is 11.6 Å². The molecule has 2 unspecified atom stereocenters. The third kappa shape index (κ3) is 5.65. The molecule has 4 rings (SSSR count). The van der Waals surface area contributed by atoms with Crippen molar-refractivity contribution in [3.8, 4) is 11.5 Å². The normalized spacial score (nSPS) is 17.2. The third-order valence-electron chi connectivity index (χ3n) is 4.66. The van der Waals surface area contributed by atoms with Crippen LogP contribution in [-0.2, 0) is 10.9 Å². The van der Waals surface area contributed by atoms with Crippen molar-refractivity contribution in [2.24, 2.45) is 0 Å². The Hall–Kier alpha value is -3.50. The molecule has 2 atom stereocenters. The predicted molar refractivity (Wildman–Crippen MR) is 117 cm³/mol. The van der Waals surface area contributed by atoms with Gasteiger partial charge in [-0.25, -0.2) is 0 Å². The maximum atomic E-state index is 13.0. The first kappa shape index (κ1) is 22.7. The molecule has 1 fully saturated rings. The number of hydrogen-bond donors (Lipinski definition) is 3. The number of hydrogen-bond acceptors (Lipinski definition) is 6. The highest BCUT2D eigenvalue weighted by Gasteiger charge is 2.40. The molecule has 0 aliphatic carbocycles. The molecule has 172 valence electrons. The highest BCUT2D eigenvalue weighted by Crippen LogP contribution is 2.37. The van der Waals surface area contributed by atoms with E-state index in [4.69, 9.17) is 21.1 Å². The second-order valence-electron chi connectivity index (χ2n) is 7.04. The molecular formula is C22H18ClF3N4O3. The topological polar surface area (TPSA) is 87.8 Å². The van der Waals surface area contributed by atoms with Crippen LogP contribution in [0, 0.1) is 0 Å². The fourth-order valence-electron chi connectivity index (χ4n) is 2.98. The van der Waals surface area contributed by atoms with Crippen molar-refractivity contribution in [3.63, 3.8) is 0 Å². The summed E-state index contributed by atoms with van der Waals surface area (Å²) in [6, 6.07) is 13.7. The van der Waals surface area contributed by atoms with Crippen molar-refractivity contribution in [1.29, 1.82) is 0 Å². The zero-order valence-electron chi connectivity index (χ0n) is 17.1. The van der Waals surface area contributed by atoms with Crippen molar-refractivity contribution in [3.05, 3.63) is 77.1 Å². The lowest BCUT2D eigenvalue weighted by Crippen LogP contribution is -2.18. The van der Waals surface area contributed by atoms with Gasteiger partial charge in [-0.3, -0.25) is 9.78 Å². The second-order valence-corrected chi connectivity index (χ2v) is 7.45. The average Bonchev–Trinajstić information content (AvgIpc) is 3.52. The van der Waals surface area contributed by atoms with E-state index < -0.39 is 24.2 Å². The quantitative estimate of drug-likeness (QED) is 0.409. The first-order valence-corrected chi connectivity index (χ1v) is 10.1. The summed E-state index contributed by atoms with van der Waals surface area (Å²) < 4.78 is 50.2. The van der Waals surface area contributed by atoms with Crippen LogP contribution < -0.4 is 20.7 Å². The average molecular weight is 479 g/mol. The Labute approximate surface area is 191 Å². The molecule has 1 aliphatic rings. The maximum absolute atomic E-state index is 13.0. The smallest absolute Gasteiger partial charge is 0.417 e. The zero-order valence-corrected chi connectivity index (χ0v) is 17.9. The van der Waals surface area contributed by atoms with Gasteiger partial charge in [-0.2, -0.15) is 13.2 Å². The lowest BCUT2D eigenvalue weighted by molar-refractivity contribution is -0.137. The molecule has 0 radical (unpaired) electrons. The van der Waals surface area contributed by atoms with Gasteiger partial charge in [0.15, 0.2) is 12.5 Å². The number of anilines is 2. The largest absolute Gasteiger partial charge is 0.457 e. The Kier molecular flexibility index (Phi) is 6.30. The lowest BCUT2D eigenvalue weighted by Gasteiger charge is -2.11. The number of ether oxygens (including phenoxy) is 2. The Morgan fingerprint density at radius 1 is 1.00 bits per heavy atom. The van der Waals surface area contributed by atoms with Crippen LogP contribution in [0.25, 0.3) is 0 Å². The van der Waals surface area contributed by atoms with Gasteiger partial charge < -0.3 is 25.4 Å². The standard InChI is InChI=1S/C22H18ClF3N4O3/c1-27-19(31)18-11-15(8-9-28-18)32-14-5-2-12(3-6-14)29-20-21(33-20)30-13-4-7-17(23)16(10-13)22(24,25)26/h2-11,20-21,29-30H,1H3,(H,27,31). The summed E-state index contributed by atoms with van der Waals surface area (Å²) in [5.41, 5.74) is 0.301. The van der Waals surface area contributed by atoms with E-state index in [2.05, 4.69) is 20.9 Å². The van der Waals surface area contributed by atoms with E-state index in [9.17, 15) is 18.0 Å². The number of carbonyl (C=O) groups is 1. The number of nitrogens with zero attached hydrogens (tertiary/aromatic N) is 1. The van der Waals surface area contributed by atoms with E-state index in [0.29, 0.717) is 11.5 Å².